The Labute approximate surface area is 167 Å². The van der Waals surface area contributed by atoms with Gasteiger partial charge >= 0.3 is 0 Å². The number of nitrogens with zero attached hydrogens (tertiary/aromatic N) is 1. The number of aromatic nitrogens is 1. The van der Waals surface area contributed by atoms with E-state index < -0.39 is 0 Å². The Kier molecular flexibility index (Phi) is 6.37. The fourth-order valence-corrected chi connectivity index (χ4v) is 2.97. The van der Waals surface area contributed by atoms with Crippen molar-refractivity contribution in [1.82, 2.24) is 4.98 Å². The van der Waals surface area contributed by atoms with Gasteiger partial charge in [0.1, 0.15) is 17.0 Å². The highest BCUT2D eigenvalue weighted by Gasteiger charge is 2.12. The third-order valence-corrected chi connectivity index (χ3v) is 4.25. The second kappa shape index (κ2) is 8.93. The molecule has 0 saturated heterocycles. The highest BCUT2D eigenvalue weighted by atomic mass is 35.5. The summed E-state index contributed by atoms with van der Waals surface area (Å²) >= 11 is 11.9. The molecule has 7 heteroatoms. The number of hydrogen-bond acceptors (Lipinski definition) is 4. The molecule has 1 heterocycles. The number of carbonyl (C=O) groups is 1. The third kappa shape index (κ3) is 4.81. The summed E-state index contributed by atoms with van der Waals surface area (Å²) in [6.45, 7) is 2.46. The van der Waals surface area contributed by atoms with E-state index in [2.05, 4.69) is 10.3 Å². The van der Waals surface area contributed by atoms with E-state index in [1.807, 2.05) is 19.1 Å². The fraction of sp³-hybridized carbons (Fsp3) is 0.200. The van der Waals surface area contributed by atoms with Crippen molar-refractivity contribution in [2.75, 3.05) is 18.5 Å². The normalized spacial score (nSPS) is 10.6. The van der Waals surface area contributed by atoms with Crippen LogP contribution in [0.2, 0.25) is 10.0 Å². The molecule has 1 amide bonds. The first-order chi connectivity index (χ1) is 13.1. The van der Waals surface area contributed by atoms with E-state index in [9.17, 15) is 4.79 Å². The lowest BCUT2D eigenvalue weighted by atomic mass is 10.1. The second-order valence-electron chi connectivity index (χ2n) is 5.77. The monoisotopic (exact) mass is 404 g/mol. The quantitative estimate of drug-likeness (QED) is 0.576. The van der Waals surface area contributed by atoms with Crippen LogP contribution in [0.15, 0.2) is 48.7 Å². The molecule has 0 aliphatic carbocycles. The van der Waals surface area contributed by atoms with E-state index in [1.165, 1.54) is 0 Å². The second-order valence-corrected chi connectivity index (χ2v) is 6.61. The molecule has 0 radical (unpaired) electrons. The zero-order chi connectivity index (χ0) is 19.2. The van der Waals surface area contributed by atoms with Gasteiger partial charge in [0.25, 0.3) is 5.91 Å². The number of amides is 1. The first kappa shape index (κ1) is 19.3. The Morgan fingerprint density at radius 1 is 1.11 bits per heavy atom. The molecule has 0 unspecified atom stereocenters. The maximum Gasteiger partial charge on any atom is 0.262 e. The van der Waals surface area contributed by atoms with Crippen molar-refractivity contribution in [3.05, 3.63) is 58.7 Å². The average Bonchev–Trinajstić information content (AvgIpc) is 2.67. The van der Waals surface area contributed by atoms with Gasteiger partial charge in [-0.05, 0) is 48.9 Å². The van der Waals surface area contributed by atoms with Crippen molar-refractivity contribution >= 4 is 45.7 Å². The molecule has 1 aromatic heterocycles. The summed E-state index contributed by atoms with van der Waals surface area (Å²) in [4.78, 5) is 16.7. The van der Waals surface area contributed by atoms with Gasteiger partial charge in [-0.3, -0.25) is 9.78 Å². The molecule has 0 aliphatic rings. The number of ether oxygens (including phenoxy) is 2. The number of carbonyl (C=O) groups excluding carboxylic acids is 1. The van der Waals surface area contributed by atoms with Crippen LogP contribution in [0.3, 0.4) is 0 Å². The number of pyridine rings is 1. The van der Waals surface area contributed by atoms with Crippen molar-refractivity contribution in [2.45, 2.75) is 13.3 Å². The van der Waals surface area contributed by atoms with Crippen molar-refractivity contribution in [2.24, 2.45) is 0 Å². The van der Waals surface area contributed by atoms with Gasteiger partial charge < -0.3 is 14.8 Å². The van der Waals surface area contributed by atoms with E-state index in [1.54, 1.807) is 36.5 Å². The minimum absolute atomic E-state index is 0.183. The summed E-state index contributed by atoms with van der Waals surface area (Å²) in [6, 6.07) is 12.1. The molecule has 5 nitrogen and oxygen atoms in total. The molecule has 3 aromatic rings. The number of anilines is 1. The van der Waals surface area contributed by atoms with Crippen LogP contribution in [0.25, 0.3) is 10.9 Å². The molecule has 3 rings (SSSR count). The summed E-state index contributed by atoms with van der Waals surface area (Å²) in [6.07, 6.45) is 2.59. The molecule has 0 spiro atoms. The van der Waals surface area contributed by atoms with Gasteiger partial charge in [0.2, 0.25) is 0 Å². The van der Waals surface area contributed by atoms with Crippen molar-refractivity contribution in [3.8, 4) is 11.5 Å². The maximum absolute atomic E-state index is 12.3. The largest absolute Gasteiger partial charge is 0.491 e. The fourth-order valence-electron chi connectivity index (χ4n) is 2.51. The Morgan fingerprint density at radius 3 is 2.70 bits per heavy atom. The minimum Gasteiger partial charge on any atom is -0.491 e. The van der Waals surface area contributed by atoms with Gasteiger partial charge in [0, 0.05) is 16.6 Å². The van der Waals surface area contributed by atoms with Crippen molar-refractivity contribution in [1.29, 1.82) is 0 Å². The first-order valence-corrected chi connectivity index (χ1v) is 9.22. The van der Waals surface area contributed by atoms with Gasteiger partial charge in [0.05, 0.1) is 17.3 Å². The van der Waals surface area contributed by atoms with Gasteiger partial charge in [-0.25, -0.2) is 0 Å². The van der Waals surface area contributed by atoms with Crippen LogP contribution in [0, 0.1) is 0 Å². The molecule has 0 atom stereocenters. The van der Waals surface area contributed by atoms with E-state index in [0.29, 0.717) is 39.4 Å². The van der Waals surface area contributed by atoms with Crippen LogP contribution in [0.5, 0.6) is 11.5 Å². The van der Waals surface area contributed by atoms with Crippen LogP contribution in [0.1, 0.15) is 13.3 Å². The Balaban J connectivity index is 1.73. The average molecular weight is 405 g/mol. The van der Waals surface area contributed by atoms with Crippen LogP contribution in [0.4, 0.5) is 5.69 Å². The number of fused-ring (bicyclic) bond motifs is 1. The highest BCUT2D eigenvalue weighted by Crippen LogP contribution is 2.30. The number of benzene rings is 2. The predicted molar refractivity (Wildman–Crippen MR) is 108 cm³/mol. The lowest BCUT2D eigenvalue weighted by Gasteiger charge is -2.13. The molecule has 0 fully saturated rings. The van der Waals surface area contributed by atoms with Crippen molar-refractivity contribution in [3.63, 3.8) is 0 Å². The van der Waals surface area contributed by atoms with Crippen LogP contribution >= 0.6 is 23.2 Å². The SMILES string of the molecule is CCCOc1ccc(NC(=O)COc2ccc(Cl)cc2Cl)c2cccnc12. The Morgan fingerprint density at radius 2 is 1.93 bits per heavy atom. The first-order valence-electron chi connectivity index (χ1n) is 8.46. The summed E-state index contributed by atoms with van der Waals surface area (Å²) in [5.74, 6) is 0.772. The molecule has 0 saturated carbocycles. The number of hydrogen-bond donors (Lipinski definition) is 1. The number of halogens is 2. The lowest BCUT2D eigenvalue weighted by Crippen LogP contribution is -2.20. The zero-order valence-electron chi connectivity index (χ0n) is 14.7. The third-order valence-electron chi connectivity index (χ3n) is 3.72. The lowest BCUT2D eigenvalue weighted by molar-refractivity contribution is -0.118. The van der Waals surface area contributed by atoms with E-state index in [4.69, 9.17) is 32.7 Å². The van der Waals surface area contributed by atoms with E-state index >= 15 is 0 Å². The number of rotatable bonds is 7. The van der Waals surface area contributed by atoms with Crippen LogP contribution in [-0.4, -0.2) is 24.1 Å². The van der Waals surface area contributed by atoms with Gasteiger partial charge in [-0.1, -0.05) is 30.1 Å². The molecule has 27 heavy (non-hydrogen) atoms. The summed E-state index contributed by atoms with van der Waals surface area (Å²) in [7, 11) is 0. The molecular formula is C20H18Cl2N2O3. The highest BCUT2D eigenvalue weighted by molar-refractivity contribution is 6.35. The molecule has 1 N–H and O–H groups in total. The van der Waals surface area contributed by atoms with Crippen LogP contribution in [-0.2, 0) is 4.79 Å². The molecule has 0 bridgehead atoms. The molecule has 0 aliphatic heterocycles. The standard InChI is InChI=1S/C20H18Cl2N2O3/c1-2-10-26-18-8-6-16(14-4-3-9-23-20(14)18)24-19(25)12-27-17-7-5-13(21)11-15(17)22/h3-9,11H,2,10,12H2,1H3,(H,24,25). The molecule has 2 aromatic carbocycles. The van der Waals surface area contributed by atoms with Crippen LogP contribution < -0.4 is 14.8 Å². The van der Waals surface area contributed by atoms with Crippen molar-refractivity contribution < 1.29 is 14.3 Å². The predicted octanol–water partition coefficient (Wildman–Crippen LogP) is 5.35. The summed E-state index contributed by atoms with van der Waals surface area (Å²) < 4.78 is 11.2. The molecule has 140 valence electrons. The van der Waals surface area contributed by atoms with E-state index in [0.717, 1.165) is 11.8 Å². The summed E-state index contributed by atoms with van der Waals surface area (Å²) in [5.41, 5.74) is 1.34. The Bertz CT molecular complexity index is 963. The van der Waals surface area contributed by atoms with Gasteiger partial charge in [0.15, 0.2) is 6.61 Å². The zero-order valence-corrected chi connectivity index (χ0v) is 16.2. The maximum atomic E-state index is 12.3. The minimum atomic E-state index is -0.312. The van der Waals surface area contributed by atoms with E-state index in [-0.39, 0.29) is 12.5 Å². The smallest absolute Gasteiger partial charge is 0.262 e. The number of nitrogens with one attached hydrogen (secondary N) is 1. The molecular weight excluding hydrogens is 387 g/mol. The summed E-state index contributed by atoms with van der Waals surface area (Å²) in [5, 5.41) is 4.49. The Hall–Kier alpha value is -2.50. The van der Waals surface area contributed by atoms with Gasteiger partial charge in [-0.15, -0.1) is 0 Å². The topological polar surface area (TPSA) is 60.5 Å². The van der Waals surface area contributed by atoms with Gasteiger partial charge in [-0.2, -0.15) is 0 Å².